The van der Waals surface area contributed by atoms with Crippen LogP contribution in [-0.2, 0) is 0 Å². The van der Waals surface area contributed by atoms with Gasteiger partial charge in [-0.2, -0.15) is 0 Å². The van der Waals surface area contributed by atoms with Crippen molar-refractivity contribution in [3.63, 3.8) is 0 Å². The summed E-state index contributed by atoms with van der Waals surface area (Å²) < 4.78 is 1.48. The molecule has 4 nitrogen and oxygen atoms in total. The molecule has 1 aliphatic carbocycles. The average Bonchev–Trinajstić information content (AvgIpc) is 2.80. The van der Waals surface area contributed by atoms with E-state index in [1.165, 1.54) is 4.68 Å². The minimum absolute atomic E-state index is 0.0230. The first-order valence-electron chi connectivity index (χ1n) is 6.08. The third kappa shape index (κ3) is 1.53. The van der Waals surface area contributed by atoms with Crippen LogP contribution in [0.3, 0.4) is 0 Å². The topological polar surface area (TPSA) is 54.9 Å². The lowest BCUT2D eigenvalue weighted by Crippen LogP contribution is -2.34. The van der Waals surface area contributed by atoms with Gasteiger partial charge in [-0.05, 0) is 24.5 Å². The molecule has 2 atom stereocenters. The first-order valence-corrected chi connectivity index (χ1v) is 6.08. The summed E-state index contributed by atoms with van der Waals surface area (Å²) in [7, 11) is 0. The second-order valence-electron chi connectivity index (χ2n) is 4.75. The molecule has 0 saturated carbocycles. The Bertz CT molecular complexity index is 739. The zero-order valence-electron chi connectivity index (χ0n) is 10.1. The molecular weight excluding hydrogens is 228 g/mol. The molecule has 4 heteroatoms. The van der Waals surface area contributed by atoms with Crippen LogP contribution in [-0.4, -0.2) is 9.78 Å². The molecule has 2 aromatic rings. The molecule has 1 aliphatic rings. The largest absolute Gasteiger partial charge is 0.273 e. The summed E-state index contributed by atoms with van der Waals surface area (Å²) in [4.78, 5) is 24.4. The van der Waals surface area contributed by atoms with E-state index in [4.69, 9.17) is 0 Å². The van der Waals surface area contributed by atoms with Crippen molar-refractivity contribution < 1.29 is 0 Å². The number of nitrogens with one attached hydrogen (secondary N) is 1. The molecule has 1 N–H and O–H groups in total. The van der Waals surface area contributed by atoms with Gasteiger partial charge in [0.1, 0.15) is 0 Å². The van der Waals surface area contributed by atoms with Crippen molar-refractivity contribution in [2.75, 3.05) is 0 Å². The van der Waals surface area contributed by atoms with E-state index in [1.807, 2.05) is 6.92 Å². The number of aromatic amines is 1. The van der Waals surface area contributed by atoms with Gasteiger partial charge in [0.05, 0.1) is 16.8 Å². The summed E-state index contributed by atoms with van der Waals surface area (Å²) in [6.07, 6.45) is 4.91. The van der Waals surface area contributed by atoms with Crippen LogP contribution in [0.1, 0.15) is 19.4 Å². The van der Waals surface area contributed by atoms with Crippen molar-refractivity contribution in [1.82, 2.24) is 9.78 Å². The van der Waals surface area contributed by atoms with E-state index in [1.54, 1.807) is 24.3 Å². The van der Waals surface area contributed by atoms with Crippen molar-refractivity contribution >= 4 is 10.8 Å². The van der Waals surface area contributed by atoms with Gasteiger partial charge >= 0.3 is 0 Å². The molecule has 0 spiro atoms. The van der Waals surface area contributed by atoms with Gasteiger partial charge in [-0.3, -0.25) is 14.7 Å². The van der Waals surface area contributed by atoms with Crippen LogP contribution in [0.4, 0.5) is 0 Å². The first kappa shape index (κ1) is 11.0. The second-order valence-corrected chi connectivity index (χ2v) is 4.75. The Morgan fingerprint density at radius 1 is 1.22 bits per heavy atom. The third-order valence-electron chi connectivity index (χ3n) is 3.60. The molecule has 0 saturated heterocycles. The highest BCUT2D eigenvalue weighted by Gasteiger charge is 2.23. The molecule has 1 heterocycles. The standard InChI is InChI=1S/C14H14N2O2/c1-9-5-4-8-12(9)16-14(18)11-7-3-2-6-10(11)13(17)15-16/h2-7,9,12H,8H2,1H3,(H,15,17)/t9-,12-/m1/s1. The molecule has 0 aliphatic heterocycles. The van der Waals surface area contributed by atoms with Gasteiger partial charge < -0.3 is 0 Å². The molecule has 92 valence electrons. The molecular formula is C14H14N2O2. The van der Waals surface area contributed by atoms with Crippen LogP contribution in [0.5, 0.6) is 0 Å². The van der Waals surface area contributed by atoms with Gasteiger partial charge in [-0.25, -0.2) is 4.68 Å². The molecule has 1 aromatic heterocycles. The Morgan fingerprint density at radius 2 is 1.94 bits per heavy atom. The van der Waals surface area contributed by atoms with E-state index < -0.39 is 0 Å². The highest BCUT2D eigenvalue weighted by atomic mass is 16.2. The molecule has 0 radical (unpaired) electrons. The summed E-state index contributed by atoms with van der Waals surface area (Å²) >= 11 is 0. The number of allylic oxidation sites excluding steroid dienone is 2. The number of nitrogens with zero attached hydrogens (tertiary/aromatic N) is 1. The Labute approximate surface area is 104 Å². The van der Waals surface area contributed by atoms with E-state index in [0.29, 0.717) is 10.8 Å². The van der Waals surface area contributed by atoms with Crippen LogP contribution in [0.15, 0.2) is 46.0 Å². The number of H-pyrrole nitrogens is 1. The van der Waals surface area contributed by atoms with Crippen LogP contribution in [0.25, 0.3) is 10.8 Å². The van der Waals surface area contributed by atoms with Crippen molar-refractivity contribution in [2.24, 2.45) is 5.92 Å². The molecule has 0 bridgehead atoms. The number of hydrogen-bond donors (Lipinski definition) is 1. The molecule has 0 amide bonds. The molecule has 0 fully saturated rings. The number of fused-ring (bicyclic) bond motifs is 1. The van der Waals surface area contributed by atoms with E-state index in [0.717, 1.165) is 6.42 Å². The average molecular weight is 242 g/mol. The zero-order chi connectivity index (χ0) is 12.7. The molecule has 1 aromatic carbocycles. The van der Waals surface area contributed by atoms with Crippen LogP contribution in [0, 0.1) is 5.92 Å². The van der Waals surface area contributed by atoms with E-state index in [9.17, 15) is 9.59 Å². The predicted molar refractivity (Wildman–Crippen MR) is 70.8 cm³/mol. The maximum Gasteiger partial charge on any atom is 0.273 e. The lowest BCUT2D eigenvalue weighted by molar-refractivity contribution is 0.381. The van der Waals surface area contributed by atoms with Gasteiger partial charge in [0.15, 0.2) is 0 Å². The second kappa shape index (κ2) is 3.98. The van der Waals surface area contributed by atoms with Gasteiger partial charge in [0, 0.05) is 0 Å². The summed E-state index contributed by atoms with van der Waals surface area (Å²) in [5.74, 6) is 0.263. The number of benzene rings is 1. The Morgan fingerprint density at radius 3 is 2.61 bits per heavy atom. The van der Waals surface area contributed by atoms with Gasteiger partial charge in [0.2, 0.25) is 0 Å². The molecule has 0 unspecified atom stereocenters. The zero-order valence-corrected chi connectivity index (χ0v) is 10.1. The normalized spacial score (nSPS) is 22.7. The summed E-state index contributed by atoms with van der Waals surface area (Å²) in [6.45, 7) is 2.05. The highest BCUT2D eigenvalue weighted by Crippen LogP contribution is 2.27. The lowest BCUT2D eigenvalue weighted by atomic mass is 10.1. The van der Waals surface area contributed by atoms with Gasteiger partial charge in [-0.15, -0.1) is 0 Å². The maximum atomic E-state index is 12.4. The summed E-state index contributed by atoms with van der Waals surface area (Å²) in [6, 6.07) is 6.95. The Kier molecular flexibility index (Phi) is 2.44. The Hall–Kier alpha value is -2.10. The molecule has 3 rings (SSSR count). The Balaban J connectivity index is 2.29. The van der Waals surface area contributed by atoms with Crippen molar-refractivity contribution in [3.05, 3.63) is 57.1 Å². The van der Waals surface area contributed by atoms with Gasteiger partial charge in [-0.1, -0.05) is 31.2 Å². The van der Waals surface area contributed by atoms with Crippen molar-refractivity contribution in [3.8, 4) is 0 Å². The number of hydrogen-bond acceptors (Lipinski definition) is 2. The van der Waals surface area contributed by atoms with Crippen molar-refractivity contribution in [1.29, 1.82) is 0 Å². The summed E-state index contributed by atoms with van der Waals surface area (Å²) in [5.41, 5.74) is -0.324. The fourth-order valence-corrected chi connectivity index (χ4v) is 2.57. The molecule has 18 heavy (non-hydrogen) atoms. The third-order valence-corrected chi connectivity index (χ3v) is 3.60. The maximum absolute atomic E-state index is 12.4. The SMILES string of the molecule is C[C@@H]1C=CC[C@H]1n1[nH]c(=O)c2ccccc2c1=O. The van der Waals surface area contributed by atoms with E-state index >= 15 is 0 Å². The van der Waals surface area contributed by atoms with Crippen LogP contribution >= 0.6 is 0 Å². The fraction of sp³-hybridized carbons (Fsp3) is 0.286. The monoisotopic (exact) mass is 242 g/mol. The van der Waals surface area contributed by atoms with Gasteiger partial charge in [0.25, 0.3) is 11.1 Å². The van der Waals surface area contributed by atoms with E-state index in [2.05, 4.69) is 17.3 Å². The number of rotatable bonds is 1. The van der Waals surface area contributed by atoms with Crippen LogP contribution in [0.2, 0.25) is 0 Å². The fourth-order valence-electron chi connectivity index (χ4n) is 2.57. The smallest absolute Gasteiger partial charge is 0.267 e. The highest BCUT2D eigenvalue weighted by molar-refractivity contribution is 5.80. The first-order chi connectivity index (χ1) is 8.68. The van der Waals surface area contributed by atoms with E-state index in [-0.39, 0.29) is 23.1 Å². The quantitative estimate of drug-likeness (QED) is 0.775. The predicted octanol–water partition coefficient (Wildman–Crippen LogP) is 1.83. The summed E-state index contributed by atoms with van der Waals surface area (Å²) in [5, 5.41) is 3.64. The lowest BCUT2D eigenvalue weighted by Gasteiger charge is -2.18. The minimum atomic E-state index is -0.204. The van der Waals surface area contributed by atoms with Crippen molar-refractivity contribution in [2.45, 2.75) is 19.4 Å². The van der Waals surface area contributed by atoms with Crippen LogP contribution < -0.4 is 11.1 Å². The number of aromatic nitrogens is 2. The minimum Gasteiger partial charge on any atom is -0.267 e.